The Morgan fingerprint density at radius 1 is 0.955 bits per heavy atom. The van der Waals surface area contributed by atoms with E-state index in [0.29, 0.717) is 18.5 Å². The van der Waals surface area contributed by atoms with Gasteiger partial charge < -0.3 is 35.5 Å². The van der Waals surface area contributed by atoms with Crippen molar-refractivity contribution in [3.63, 3.8) is 0 Å². The minimum atomic E-state index is -1.50. The summed E-state index contributed by atoms with van der Waals surface area (Å²) in [5.41, 5.74) is 4.51. The molecule has 0 spiro atoms. The molecule has 2 atom stereocenters. The molecule has 2 heterocycles. The van der Waals surface area contributed by atoms with Crippen LogP contribution in [0.1, 0.15) is 62.3 Å². The SMILES string of the molecule is CC(C)(O)O.COc1ccc(CNc2ncnc3c2c(C)cn3C2CCC(CNCCCNCc3ccc(F)cc3)C2)cc1. The maximum Gasteiger partial charge on any atom is 0.156 e. The van der Waals surface area contributed by atoms with Gasteiger partial charge in [0.1, 0.15) is 29.4 Å². The van der Waals surface area contributed by atoms with Crippen molar-refractivity contribution in [1.29, 1.82) is 0 Å². The van der Waals surface area contributed by atoms with Gasteiger partial charge in [-0.25, -0.2) is 14.4 Å². The molecule has 0 amide bonds. The van der Waals surface area contributed by atoms with Gasteiger partial charge in [-0.3, -0.25) is 0 Å². The lowest BCUT2D eigenvalue weighted by atomic mass is 10.1. The molecule has 9 nitrogen and oxygen atoms in total. The summed E-state index contributed by atoms with van der Waals surface area (Å²) in [4.78, 5) is 9.27. The number of rotatable bonds is 13. The van der Waals surface area contributed by atoms with Gasteiger partial charge in [0, 0.05) is 25.3 Å². The lowest BCUT2D eigenvalue weighted by Crippen LogP contribution is -2.25. The van der Waals surface area contributed by atoms with Crippen LogP contribution in [0.3, 0.4) is 0 Å². The summed E-state index contributed by atoms with van der Waals surface area (Å²) < 4.78 is 20.7. The molecule has 10 heteroatoms. The number of methoxy groups -OCH3 is 1. The van der Waals surface area contributed by atoms with Crippen molar-refractivity contribution in [2.24, 2.45) is 5.92 Å². The number of ether oxygens (including phenoxy) is 1. The number of nitrogens with one attached hydrogen (secondary N) is 3. The van der Waals surface area contributed by atoms with Crippen molar-refractivity contribution in [2.45, 2.75) is 71.4 Å². The standard InChI is InChI=1S/C31H39FN6O.C3H8O2/c1-22-20-38(31-29(22)30(36-21-37-31)35-19-24-7-12-28(39-2)13-8-24)27-11-6-25(16-27)18-34-15-3-14-33-17-23-4-9-26(32)10-5-23;1-3(2,4)5/h4-5,7-10,12-13,20-21,25,27,33-34H,3,6,11,14-19H2,1-2H3,(H,35,36,37);4-5H,1-2H3. The zero-order valence-corrected chi connectivity index (χ0v) is 26.3. The van der Waals surface area contributed by atoms with Gasteiger partial charge >= 0.3 is 0 Å². The van der Waals surface area contributed by atoms with Crippen LogP contribution in [0.4, 0.5) is 10.2 Å². The van der Waals surface area contributed by atoms with Gasteiger partial charge in [-0.05, 0) is 113 Å². The minimum Gasteiger partial charge on any atom is -0.497 e. The predicted octanol–water partition coefficient (Wildman–Crippen LogP) is 5.32. The first-order valence-corrected chi connectivity index (χ1v) is 15.4. The number of halogens is 1. The van der Waals surface area contributed by atoms with Crippen LogP contribution >= 0.6 is 0 Å². The van der Waals surface area contributed by atoms with Crippen LogP contribution in [0.5, 0.6) is 5.75 Å². The summed E-state index contributed by atoms with van der Waals surface area (Å²) in [7, 11) is 1.68. The monoisotopic (exact) mass is 606 g/mol. The van der Waals surface area contributed by atoms with E-state index in [9.17, 15) is 4.39 Å². The van der Waals surface area contributed by atoms with Gasteiger partial charge in [-0.15, -0.1) is 0 Å². The van der Waals surface area contributed by atoms with E-state index in [2.05, 4.69) is 50.8 Å². The number of fused-ring (bicyclic) bond motifs is 1. The number of aryl methyl sites for hydroxylation is 1. The van der Waals surface area contributed by atoms with Crippen molar-refractivity contribution in [3.8, 4) is 5.75 Å². The number of aliphatic hydroxyl groups is 2. The van der Waals surface area contributed by atoms with Crippen LogP contribution in [0.2, 0.25) is 0 Å². The molecule has 5 rings (SSSR count). The predicted molar refractivity (Wildman–Crippen MR) is 173 cm³/mol. The summed E-state index contributed by atoms with van der Waals surface area (Å²) in [6.07, 6.45) is 8.57. The second-order valence-corrected chi connectivity index (χ2v) is 12.0. The molecule has 238 valence electrons. The third-order valence-electron chi connectivity index (χ3n) is 7.71. The highest BCUT2D eigenvalue weighted by atomic mass is 19.1. The average molecular weight is 607 g/mol. The Morgan fingerprint density at radius 2 is 1.61 bits per heavy atom. The topological polar surface area (TPSA) is 116 Å². The van der Waals surface area contributed by atoms with Crippen molar-refractivity contribution in [2.75, 3.05) is 32.1 Å². The summed E-state index contributed by atoms with van der Waals surface area (Å²) in [6.45, 7) is 9.21. The van der Waals surface area contributed by atoms with Crippen molar-refractivity contribution in [1.82, 2.24) is 25.2 Å². The van der Waals surface area contributed by atoms with E-state index < -0.39 is 5.79 Å². The second kappa shape index (κ2) is 15.9. The molecule has 1 aliphatic rings. The van der Waals surface area contributed by atoms with Crippen molar-refractivity contribution in [3.05, 3.63) is 83.6 Å². The molecule has 0 bridgehead atoms. The number of benzene rings is 2. The highest BCUT2D eigenvalue weighted by molar-refractivity contribution is 5.90. The van der Waals surface area contributed by atoms with E-state index in [1.165, 1.54) is 49.9 Å². The summed E-state index contributed by atoms with van der Waals surface area (Å²) >= 11 is 0. The van der Waals surface area contributed by atoms with E-state index in [-0.39, 0.29) is 5.82 Å². The third-order valence-corrected chi connectivity index (χ3v) is 7.71. The first kappa shape index (κ1) is 33.3. The highest BCUT2D eigenvalue weighted by Gasteiger charge is 2.27. The Bertz CT molecular complexity index is 1430. The molecular formula is C34H47FN6O3. The molecule has 2 unspecified atom stereocenters. The van der Waals surface area contributed by atoms with Crippen molar-refractivity contribution < 1.29 is 19.3 Å². The molecule has 2 aromatic carbocycles. The van der Waals surface area contributed by atoms with Gasteiger partial charge in [0.2, 0.25) is 0 Å². The van der Waals surface area contributed by atoms with Gasteiger partial charge in [0.25, 0.3) is 0 Å². The first-order chi connectivity index (χ1) is 21.1. The van der Waals surface area contributed by atoms with E-state index in [4.69, 9.17) is 19.9 Å². The fraction of sp³-hybridized carbons (Fsp3) is 0.471. The minimum absolute atomic E-state index is 0.187. The third kappa shape index (κ3) is 10.3. The first-order valence-electron chi connectivity index (χ1n) is 15.4. The number of hydrogen-bond donors (Lipinski definition) is 5. The molecule has 1 fully saturated rings. The van der Waals surface area contributed by atoms with Crippen LogP contribution < -0.4 is 20.7 Å². The molecule has 1 aliphatic carbocycles. The average Bonchev–Trinajstić information content (AvgIpc) is 3.60. The Labute approximate surface area is 259 Å². The van der Waals surface area contributed by atoms with E-state index >= 15 is 0 Å². The van der Waals surface area contributed by atoms with Crippen molar-refractivity contribution >= 4 is 16.9 Å². The van der Waals surface area contributed by atoms with Crippen LogP contribution in [-0.4, -0.2) is 57.3 Å². The lowest BCUT2D eigenvalue weighted by molar-refractivity contribution is -0.127. The summed E-state index contributed by atoms with van der Waals surface area (Å²) in [5.74, 6) is 0.732. The van der Waals surface area contributed by atoms with Gasteiger partial charge in [0.15, 0.2) is 5.79 Å². The molecule has 5 N–H and O–H groups in total. The zero-order chi connectivity index (χ0) is 31.5. The van der Waals surface area contributed by atoms with Gasteiger partial charge in [-0.1, -0.05) is 24.3 Å². The largest absolute Gasteiger partial charge is 0.497 e. The molecule has 0 saturated heterocycles. The Balaban J connectivity index is 0.000000818. The number of aromatic nitrogens is 3. The number of hydrogen-bond acceptors (Lipinski definition) is 8. The van der Waals surface area contributed by atoms with E-state index in [1.54, 1.807) is 13.4 Å². The molecular weight excluding hydrogens is 559 g/mol. The summed E-state index contributed by atoms with van der Waals surface area (Å²) in [5, 5.41) is 27.9. The maximum absolute atomic E-state index is 13.0. The fourth-order valence-corrected chi connectivity index (χ4v) is 5.58. The molecule has 0 radical (unpaired) electrons. The fourth-order valence-electron chi connectivity index (χ4n) is 5.58. The van der Waals surface area contributed by atoms with Crippen LogP contribution in [0.15, 0.2) is 61.1 Å². The maximum atomic E-state index is 13.0. The molecule has 4 aromatic rings. The van der Waals surface area contributed by atoms with Gasteiger partial charge in [-0.2, -0.15) is 0 Å². The zero-order valence-electron chi connectivity index (χ0n) is 26.3. The molecule has 0 aliphatic heterocycles. The van der Waals surface area contributed by atoms with E-state index in [0.717, 1.165) is 67.2 Å². The molecule has 44 heavy (non-hydrogen) atoms. The lowest BCUT2D eigenvalue weighted by Gasteiger charge is -2.15. The van der Waals surface area contributed by atoms with Gasteiger partial charge in [0.05, 0.1) is 12.5 Å². The number of anilines is 1. The quantitative estimate of drug-likeness (QED) is 0.103. The number of nitrogens with zero attached hydrogens (tertiary/aromatic N) is 3. The Hall–Kier alpha value is -3.57. The van der Waals surface area contributed by atoms with Crippen LogP contribution in [0.25, 0.3) is 11.0 Å². The summed E-state index contributed by atoms with van der Waals surface area (Å²) in [6, 6.07) is 15.3. The Morgan fingerprint density at radius 3 is 2.32 bits per heavy atom. The normalized spacial score (nSPS) is 16.5. The highest BCUT2D eigenvalue weighted by Crippen LogP contribution is 2.38. The Kier molecular flexibility index (Phi) is 12.1. The van der Waals surface area contributed by atoms with Crippen LogP contribution in [0, 0.1) is 18.7 Å². The van der Waals surface area contributed by atoms with Crippen LogP contribution in [-0.2, 0) is 13.1 Å². The van der Waals surface area contributed by atoms with E-state index in [1.807, 2.05) is 24.3 Å². The smallest absolute Gasteiger partial charge is 0.156 e. The molecule has 1 saturated carbocycles. The molecule has 2 aromatic heterocycles. The second-order valence-electron chi connectivity index (χ2n) is 12.0.